The molecule has 0 saturated carbocycles. The molecule has 0 spiro atoms. The standard InChI is InChI=1S/C14H18F2N2S/c1-8(2)11-6-7-19-14(17-11)18-13-10(15)5-4-9(3)12(13)16/h4-5,8,11H,6-7H2,1-3H3,(H,17,18). The van der Waals surface area contributed by atoms with E-state index in [0.29, 0.717) is 16.6 Å². The van der Waals surface area contributed by atoms with Crippen molar-refractivity contribution < 1.29 is 8.78 Å². The summed E-state index contributed by atoms with van der Waals surface area (Å²) >= 11 is 1.51. The first-order chi connectivity index (χ1) is 8.99. The van der Waals surface area contributed by atoms with Crippen molar-refractivity contribution in [3.8, 4) is 0 Å². The van der Waals surface area contributed by atoms with Gasteiger partial charge in [0.1, 0.15) is 11.5 Å². The van der Waals surface area contributed by atoms with Crippen LogP contribution in [0.2, 0.25) is 0 Å². The van der Waals surface area contributed by atoms with E-state index in [0.717, 1.165) is 12.2 Å². The molecule has 19 heavy (non-hydrogen) atoms. The number of hydrogen-bond acceptors (Lipinski definition) is 3. The number of amidine groups is 1. The molecule has 0 saturated heterocycles. The summed E-state index contributed by atoms with van der Waals surface area (Å²) in [6, 6.07) is 2.93. The number of rotatable bonds is 2. The van der Waals surface area contributed by atoms with Crippen LogP contribution < -0.4 is 5.32 Å². The van der Waals surface area contributed by atoms with Crippen LogP contribution in [0.1, 0.15) is 25.8 Å². The van der Waals surface area contributed by atoms with Gasteiger partial charge < -0.3 is 5.32 Å². The van der Waals surface area contributed by atoms with E-state index in [2.05, 4.69) is 24.2 Å². The van der Waals surface area contributed by atoms with Crippen LogP contribution in [0, 0.1) is 24.5 Å². The fraction of sp³-hybridized carbons (Fsp3) is 0.500. The number of aliphatic imine (C=N–C) groups is 1. The minimum absolute atomic E-state index is 0.101. The molecule has 1 aliphatic heterocycles. The topological polar surface area (TPSA) is 24.4 Å². The van der Waals surface area contributed by atoms with Crippen LogP contribution in [0.4, 0.5) is 14.5 Å². The second-order valence-electron chi connectivity index (χ2n) is 5.06. The van der Waals surface area contributed by atoms with Gasteiger partial charge in [-0.2, -0.15) is 0 Å². The second-order valence-corrected chi connectivity index (χ2v) is 6.14. The lowest BCUT2D eigenvalue weighted by atomic mass is 10.0. The molecule has 0 amide bonds. The average molecular weight is 284 g/mol. The summed E-state index contributed by atoms with van der Waals surface area (Å²) in [5.74, 6) is 0.224. The van der Waals surface area contributed by atoms with Gasteiger partial charge in [-0.1, -0.05) is 31.7 Å². The van der Waals surface area contributed by atoms with Gasteiger partial charge in [-0.3, -0.25) is 4.99 Å². The maximum atomic E-state index is 13.9. The molecule has 1 unspecified atom stereocenters. The Morgan fingerprint density at radius 1 is 1.37 bits per heavy atom. The highest BCUT2D eigenvalue weighted by Crippen LogP contribution is 2.27. The van der Waals surface area contributed by atoms with Gasteiger partial charge >= 0.3 is 0 Å². The van der Waals surface area contributed by atoms with Gasteiger partial charge in [0.15, 0.2) is 11.0 Å². The van der Waals surface area contributed by atoms with Gasteiger partial charge in [0.25, 0.3) is 0 Å². The smallest absolute Gasteiger partial charge is 0.161 e. The largest absolute Gasteiger partial charge is 0.330 e. The van der Waals surface area contributed by atoms with Crippen LogP contribution in [-0.2, 0) is 0 Å². The second kappa shape index (κ2) is 5.90. The van der Waals surface area contributed by atoms with Crippen LogP contribution in [0.25, 0.3) is 0 Å². The molecule has 104 valence electrons. The third kappa shape index (κ3) is 3.26. The lowest BCUT2D eigenvalue weighted by Gasteiger charge is -2.23. The van der Waals surface area contributed by atoms with Crippen molar-refractivity contribution >= 4 is 22.6 Å². The fourth-order valence-corrected chi connectivity index (χ4v) is 2.89. The van der Waals surface area contributed by atoms with Crippen LogP contribution in [0.3, 0.4) is 0 Å². The van der Waals surface area contributed by atoms with E-state index in [1.165, 1.54) is 23.9 Å². The number of anilines is 1. The Labute approximate surface area is 116 Å². The van der Waals surface area contributed by atoms with Crippen molar-refractivity contribution in [3.63, 3.8) is 0 Å². The zero-order chi connectivity index (χ0) is 14.0. The summed E-state index contributed by atoms with van der Waals surface area (Å²) in [6.07, 6.45) is 1.01. The first kappa shape index (κ1) is 14.3. The molecule has 1 aromatic carbocycles. The van der Waals surface area contributed by atoms with Gasteiger partial charge in [0.2, 0.25) is 0 Å². The minimum Gasteiger partial charge on any atom is -0.330 e. The number of nitrogens with one attached hydrogen (secondary N) is 1. The molecule has 5 heteroatoms. The van der Waals surface area contributed by atoms with Gasteiger partial charge in [0, 0.05) is 5.75 Å². The Bertz CT molecular complexity index is 500. The highest BCUT2D eigenvalue weighted by atomic mass is 32.2. The van der Waals surface area contributed by atoms with E-state index in [1.807, 2.05) is 0 Å². The summed E-state index contributed by atoms with van der Waals surface area (Å²) < 4.78 is 27.6. The summed E-state index contributed by atoms with van der Waals surface area (Å²) in [7, 11) is 0. The van der Waals surface area contributed by atoms with Crippen LogP contribution >= 0.6 is 11.8 Å². The Morgan fingerprint density at radius 3 is 2.79 bits per heavy atom. The number of aryl methyl sites for hydroxylation is 1. The molecule has 0 fully saturated rings. The van der Waals surface area contributed by atoms with Crippen molar-refractivity contribution in [2.75, 3.05) is 11.1 Å². The molecule has 0 aromatic heterocycles. The first-order valence-electron chi connectivity index (χ1n) is 6.41. The van der Waals surface area contributed by atoms with E-state index >= 15 is 0 Å². The van der Waals surface area contributed by atoms with E-state index in [-0.39, 0.29) is 11.7 Å². The predicted molar refractivity (Wildman–Crippen MR) is 77.9 cm³/mol. The molecule has 2 nitrogen and oxygen atoms in total. The quantitative estimate of drug-likeness (QED) is 0.880. The van der Waals surface area contributed by atoms with E-state index in [1.54, 1.807) is 6.92 Å². The Morgan fingerprint density at radius 2 is 2.11 bits per heavy atom. The monoisotopic (exact) mass is 284 g/mol. The Hall–Kier alpha value is -1.10. The van der Waals surface area contributed by atoms with Crippen molar-refractivity contribution in [3.05, 3.63) is 29.3 Å². The maximum absolute atomic E-state index is 13.9. The molecule has 1 aromatic rings. The van der Waals surface area contributed by atoms with Crippen LogP contribution in [0.15, 0.2) is 17.1 Å². The number of halogens is 2. The van der Waals surface area contributed by atoms with Gasteiger partial charge in [-0.25, -0.2) is 8.78 Å². The molecule has 0 bridgehead atoms. The van der Waals surface area contributed by atoms with Crippen molar-refractivity contribution in [1.82, 2.24) is 0 Å². The van der Waals surface area contributed by atoms with Crippen molar-refractivity contribution in [2.24, 2.45) is 10.9 Å². The molecule has 2 rings (SSSR count). The number of nitrogens with zero attached hydrogens (tertiary/aromatic N) is 1. The Balaban J connectivity index is 2.24. The normalized spacial score (nSPS) is 19.5. The molecule has 1 heterocycles. The number of hydrogen-bond donors (Lipinski definition) is 1. The van der Waals surface area contributed by atoms with Crippen LogP contribution in [0.5, 0.6) is 0 Å². The molecule has 1 N–H and O–H groups in total. The van der Waals surface area contributed by atoms with Gasteiger partial charge in [-0.05, 0) is 30.9 Å². The lowest BCUT2D eigenvalue weighted by Crippen LogP contribution is -2.24. The van der Waals surface area contributed by atoms with Gasteiger partial charge in [0.05, 0.1) is 6.04 Å². The summed E-state index contributed by atoms with van der Waals surface area (Å²) in [5.41, 5.74) is 0.321. The zero-order valence-electron chi connectivity index (χ0n) is 11.3. The SMILES string of the molecule is Cc1ccc(F)c(NC2=NC(C(C)C)CCS2)c1F. The fourth-order valence-electron chi connectivity index (χ4n) is 1.96. The summed E-state index contributed by atoms with van der Waals surface area (Å²) in [6.45, 7) is 5.83. The molecular formula is C14H18F2N2S. The highest BCUT2D eigenvalue weighted by molar-refractivity contribution is 8.14. The average Bonchev–Trinajstić information content (AvgIpc) is 2.39. The molecule has 0 aliphatic carbocycles. The predicted octanol–water partition coefficient (Wildman–Crippen LogP) is 4.20. The van der Waals surface area contributed by atoms with Crippen molar-refractivity contribution in [2.45, 2.75) is 33.2 Å². The van der Waals surface area contributed by atoms with E-state index < -0.39 is 11.6 Å². The molecule has 0 radical (unpaired) electrons. The molecule has 1 aliphatic rings. The van der Waals surface area contributed by atoms with Crippen molar-refractivity contribution in [1.29, 1.82) is 0 Å². The molecule has 1 atom stereocenters. The Kier molecular flexibility index (Phi) is 4.45. The minimum atomic E-state index is -0.585. The summed E-state index contributed by atoms with van der Waals surface area (Å²) in [5, 5.41) is 3.41. The lowest BCUT2D eigenvalue weighted by molar-refractivity contribution is 0.485. The third-order valence-electron chi connectivity index (χ3n) is 3.22. The van der Waals surface area contributed by atoms with Crippen LogP contribution in [-0.4, -0.2) is 17.0 Å². The maximum Gasteiger partial charge on any atom is 0.161 e. The number of thioether (sulfide) groups is 1. The number of benzene rings is 1. The zero-order valence-corrected chi connectivity index (χ0v) is 12.2. The highest BCUT2D eigenvalue weighted by Gasteiger charge is 2.20. The summed E-state index contributed by atoms with van der Waals surface area (Å²) in [4.78, 5) is 4.52. The third-order valence-corrected chi connectivity index (χ3v) is 4.14. The molecular weight excluding hydrogens is 266 g/mol. The van der Waals surface area contributed by atoms with E-state index in [9.17, 15) is 8.78 Å². The first-order valence-corrected chi connectivity index (χ1v) is 7.40. The van der Waals surface area contributed by atoms with E-state index in [4.69, 9.17) is 0 Å². The van der Waals surface area contributed by atoms with Gasteiger partial charge in [-0.15, -0.1) is 0 Å².